The summed E-state index contributed by atoms with van der Waals surface area (Å²) in [5.74, 6) is 0.0694. The van der Waals surface area contributed by atoms with Crippen molar-refractivity contribution in [3.8, 4) is 0 Å². The standard InChI is InChI=1S/C12H11Cl2FN4/c1-7(6-8-2-4-9(15)5-3-8)16-12-18-10(13)17-11(14)19-12/h2-5,7H,6H2,1H3,(H,16,17,18,19). The lowest BCUT2D eigenvalue weighted by Gasteiger charge is -2.13. The molecule has 0 amide bonds. The lowest BCUT2D eigenvalue weighted by atomic mass is 10.1. The van der Waals surface area contributed by atoms with Crippen molar-refractivity contribution >= 4 is 29.2 Å². The Hall–Kier alpha value is -1.46. The van der Waals surface area contributed by atoms with Gasteiger partial charge in [-0.15, -0.1) is 0 Å². The number of aromatic nitrogens is 3. The zero-order valence-corrected chi connectivity index (χ0v) is 11.6. The maximum Gasteiger partial charge on any atom is 0.228 e. The van der Waals surface area contributed by atoms with Crippen LogP contribution in [0.5, 0.6) is 0 Å². The number of benzene rings is 1. The highest BCUT2D eigenvalue weighted by Crippen LogP contribution is 2.12. The molecule has 1 aromatic heterocycles. The van der Waals surface area contributed by atoms with Gasteiger partial charge in [0.15, 0.2) is 0 Å². The fourth-order valence-electron chi connectivity index (χ4n) is 1.64. The van der Waals surface area contributed by atoms with Gasteiger partial charge in [0.25, 0.3) is 0 Å². The number of rotatable bonds is 4. The summed E-state index contributed by atoms with van der Waals surface area (Å²) in [6.45, 7) is 1.95. The van der Waals surface area contributed by atoms with Crippen LogP contribution in [0.25, 0.3) is 0 Å². The molecule has 4 nitrogen and oxygen atoms in total. The SMILES string of the molecule is CC(Cc1ccc(F)cc1)Nc1nc(Cl)nc(Cl)n1. The maximum atomic E-state index is 12.8. The predicted molar refractivity (Wildman–Crippen MR) is 73.0 cm³/mol. The zero-order valence-electron chi connectivity index (χ0n) is 10.1. The van der Waals surface area contributed by atoms with Crippen molar-refractivity contribution in [1.82, 2.24) is 15.0 Å². The van der Waals surface area contributed by atoms with Gasteiger partial charge >= 0.3 is 0 Å². The van der Waals surface area contributed by atoms with E-state index in [9.17, 15) is 4.39 Å². The summed E-state index contributed by atoms with van der Waals surface area (Å²) in [5.41, 5.74) is 1.01. The average Bonchev–Trinajstić information content (AvgIpc) is 2.30. The highest BCUT2D eigenvalue weighted by atomic mass is 35.5. The monoisotopic (exact) mass is 300 g/mol. The quantitative estimate of drug-likeness (QED) is 0.940. The first-order chi connectivity index (χ1) is 9.02. The second-order valence-corrected chi connectivity index (χ2v) is 4.75. The Balaban J connectivity index is 2.00. The van der Waals surface area contributed by atoms with E-state index in [0.717, 1.165) is 5.56 Å². The van der Waals surface area contributed by atoms with Gasteiger partial charge in [-0.2, -0.15) is 15.0 Å². The van der Waals surface area contributed by atoms with Gasteiger partial charge < -0.3 is 5.32 Å². The lowest BCUT2D eigenvalue weighted by Crippen LogP contribution is -2.20. The zero-order chi connectivity index (χ0) is 13.8. The van der Waals surface area contributed by atoms with Crippen molar-refractivity contribution in [3.63, 3.8) is 0 Å². The van der Waals surface area contributed by atoms with Gasteiger partial charge in [-0.05, 0) is 54.2 Å². The van der Waals surface area contributed by atoms with Crippen molar-refractivity contribution in [1.29, 1.82) is 0 Å². The van der Waals surface area contributed by atoms with Crippen LogP contribution in [0.3, 0.4) is 0 Å². The summed E-state index contributed by atoms with van der Waals surface area (Å²) in [5, 5.41) is 3.14. The molecule has 2 rings (SSSR count). The van der Waals surface area contributed by atoms with Crippen LogP contribution in [0.4, 0.5) is 10.3 Å². The fourth-order valence-corrected chi connectivity index (χ4v) is 2.00. The van der Waals surface area contributed by atoms with E-state index in [2.05, 4.69) is 20.3 Å². The molecular formula is C12H11Cl2FN4. The van der Waals surface area contributed by atoms with Crippen LogP contribution < -0.4 is 5.32 Å². The Morgan fingerprint density at radius 3 is 2.26 bits per heavy atom. The lowest BCUT2D eigenvalue weighted by molar-refractivity contribution is 0.626. The van der Waals surface area contributed by atoms with E-state index < -0.39 is 0 Å². The molecule has 19 heavy (non-hydrogen) atoms. The maximum absolute atomic E-state index is 12.8. The molecule has 0 bridgehead atoms. The third-order valence-corrected chi connectivity index (χ3v) is 2.75. The van der Waals surface area contributed by atoms with E-state index in [-0.39, 0.29) is 22.4 Å². The van der Waals surface area contributed by atoms with Gasteiger partial charge in [0.05, 0.1) is 0 Å². The van der Waals surface area contributed by atoms with Crippen molar-refractivity contribution in [3.05, 3.63) is 46.2 Å². The normalized spacial score (nSPS) is 12.2. The Morgan fingerprint density at radius 1 is 1.11 bits per heavy atom. The van der Waals surface area contributed by atoms with E-state index >= 15 is 0 Å². The smallest absolute Gasteiger partial charge is 0.228 e. The average molecular weight is 301 g/mol. The molecule has 1 heterocycles. The molecule has 0 fully saturated rings. The second-order valence-electron chi connectivity index (χ2n) is 4.07. The fraction of sp³-hybridized carbons (Fsp3) is 0.250. The first kappa shape index (κ1) is 14.0. The van der Waals surface area contributed by atoms with Crippen LogP contribution in [0, 0.1) is 5.82 Å². The molecule has 7 heteroatoms. The summed E-state index contributed by atoms with van der Waals surface area (Å²) in [6, 6.07) is 6.37. The molecule has 0 saturated carbocycles. The molecular weight excluding hydrogens is 290 g/mol. The highest BCUT2D eigenvalue weighted by molar-refractivity contribution is 6.31. The van der Waals surface area contributed by atoms with Gasteiger partial charge in [0, 0.05) is 6.04 Å². The first-order valence-electron chi connectivity index (χ1n) is 5.61. The van der Waals surface area contributed by atoms with E-state index in [1.54, 1.807) is 12.1 Å². The van der Waals surface area contributed by atoms with E-state index in [1.165, 1.54) is 12.1 Å². The summed E-state index contributed by atoms with van der Waals surface area (Å²) in [4.78, 5) is 11.5. The molecule has 0 aliphatic rings. The largest absolute Gasteiger partial charge is 0.351 e. The first-order valence-corrected chi connectivity index (χ1v) is 6.36. The molecule has 1 unspecified atom stereocenters. The number of hydrogen-bond donors (Lipinski definition) is 1. The van der Waals surface area contributed by atoms with Gasteiger partial charge in [0.1, 0.15) is 5.82 Å². The minimum Gasteiger partial charge on any atom is -0.351 e. The van der Waals surface area contributed by atoms with Crippen LogP contribution >= 0.6 is 23.2 Å². The number of nitrogens with one attached hydrogen (secondary N) is 1. The Morgan fingerprint density at radius 2 is 1.68 bits per heavy atom. The Bertz CT molecular complexity index is 542. The second kappa shape index (κ2) is 6.12. The van der Waals surface area contributed by atoms with E-state index in [0.29, 0.717) is 12.4 Å². The van der Waals surface area contributed by atoms with Crippen LogP contribution in [0.2, 0.25) is 10.6 Å². The molecule has 0 aliphatic heterocycles. The number of anilines is 1. The summed E-state index contributed by atoms with van der Waals surface area (Å²) in [6.07, 6.45) is 0.696. The minimum absolute atomic E-state index is 0.0384. The van der Waals surface area contributed by atoms with Crippen LogP contribution in [-0.4, -0.2) is 21.0 Å². The molecule has 0 aliphatic carbocycles. The molecule has 0 spiro atoms. The molecule has 1 aromatic carbocycles. The molecule has 100 valence electrons. The van der Waals surface area contributed by atoms with E-state index in [1.807, 2.05) is 6.92 Å². The molecule has 2 aromatic rings. The number of hydrogen-bond acceptors (Lipinski definition) is 4. The third-order valence-electron chi connectivity index (χ3n) is 2.41. The summed E-state index contributed by atoms with van der Waals surface area (Å²) >= 11 is 11.4. The van der Waals surface area contributed by atoms with Crippen molar-refractivity contribution in [2.24, 2.45) is 0 Å². The van der Waals surface area contributed by atoms with Gasteiger partial charge in [-0.1, -0.05) is 12.1 Å². The van der Waals surface area contributed by atoms with Crippen LogP contribution in [0.1, 0.15) is 12.5 Å². The highest BCUT2D eigenvalue weighted by Gasteiger charge is 2.08. The minimum atomic E-state index is -0.250. The molecule has 1 N–H and O–H groups in total. The summed E-state index contributed by atoms with van der Waals surface area (Å²) in [7, 11) is 0. The van der Waals surface area contributed by atoms with Crippen LogP contribution in [-0.2, 0) is 6.42 Å². The van der Waals surface area contributed by atoms with Crippen molar-refractivity contribution in [2.45, 2.75) is 19.4 Å². The van der Waals surface area contributed by atoms with Crippen LogP contribution in [0.15, 0.2) is 24.3 Å². The summed E-state index contributed by atoms with van der Waals surface area (Å²) < 4.78 is 12.8. The van der Waals surface area contributed by atoms with Crippen molar-refractivity contribution < 1.29 is 4.39 Å². The van der Waals surface area contributed by atoms with Crippen molar-refractivity contribution in [2.75, 3.05) is 5.32 Å². The van der Waals surface area contributed by atoms with Gasteiger partial charge in [-0.25, -0.2) is 4.39 Å². The predicted octanol–water partition coefficient (Wildman–Crippen LogP) is 3.36. The number of halogens is 3. The van der Waals surface area contributed by atoms with Gasteiger partial charge in [-0.3, -0.25) is 0 Å². The third kappa shape index (κ3) is 4.29. The molecule has 0 radical (unpaired) electrons. The molecule has 1 atom stereocenters. The van der Waals surface area contributed by atoms with E-state index in [4.69, 9.17) is 23.2 Å². The number of nitrogens with zero attached hydrogens (tertiary/aromatic N) is 3. The molecule has 0 saturated heterocycles. The Kier molecular flexibility index (Phi) is 4.50. The topological polar surface area (TPSA) is 50.7 Å². The Labute approximate surface area is 120 Å². The van der Waals surface area contributed by atoms with Gasteiger partial charge in [0.2, 0.25) is 16.5 Å².